The minimum Gasteiger partial charge on any atom is -0.374 e. The molecule has 1 saturated heterocycles. The number of nitrogens with one attached hydrogen (secondary N) is 1. The Morgan fingerprint density at radius 1 is 1.35 bits per heavy atom. The lowest BCUT2D eigenvalue weighted by Crippen LogP contribution is -2.41. The average molecular weight is 272 g/mol. The van der Waals surface area contributed by atoms with Crippen molar-refractivity contribution in [1.82, 2.24) is 14.5 Å². The molecule has 0 saturated carbocycles. The van der Waals surface area contributed by atoms with Crippen LogP contribution in [0.3, 0.4) is 0 Å². The lowest BCUT2D eigenvalue weighted by Gasteiger charge is -2.30. The SMILES string of the molecule is CN1CCOC(Cn2ccnc2Nc2ccccc2)C1. The van der Waals surface area contributed by atoms with Gasteiger partial charge in [0.25, 0.3) is 0 Å². The normalized spacial score (nSPS) is 19.9. The molecule has 2 aromatic rings. The zero-order chi connectivity index (χ0) is 13.8. The smallest absolute Gasteiger partial charge is 0.207 e. The van der Waals surface area contributed by atoms with E-state index in [2.05, 4.69) is 26.8 Å². The van der Waals surface area contributed by atoms with E-state index >= 15 is 0 Å². The Morgan fingerprint density at radius 2 is 2.20 bits per heavy atom. The summed E-state index contributed by atoms with van der Waals surface area (Å²) in [6.07, 6.45) is 4.03. The molecule has 0 spiro atoms. The van der Waals surface area contributed by atoms with E-state index in [0.717, 1.165) is 37.9 Å². The van der Waals surface area contributed by atoms with Gasteiger partial charge in [-0.2, -0.15) is 0 Å². The van der Waals surface area contributed by atoms with Crippen LogP contribution >= 0.6 is 0 Å². The lowest BCUT2D eigenvalue weighted by molar-refractivity contribution is -0.0272. The number of aromatic nitrogens is 2. The number of anilines is 2. The molecular formula is C15H20N4O. The van der Waals surface area contributed by atoms with Crippen LogP contribution in [-0.4, -0.2) is 47.3 Å². The van der Waals surface area contributed by atoms with Crippen molar-refractivity contribution < 1.29 is 4.74 Å². The van der Waals surface area contributed by atoms with Crippen molar-refractivity contribution in [3.8, 4) is 0 Å². The molecule has 2 heterocycles. The van der Waals surface area contributed by atoms with Gasteiger partial charge in [-0.3, -0.25) is 0 Å². The highest BCUT2D eigenvalue weighted by molar-refractivity contribution is 5.53. The fourth-order valence-corrected chi connectivity index (χ4v) is 2.43. The number of morpholine rings is 1. The summed E-state index contributed by atoms with van der Waals surface area (Å²) in [4.78, 5) is 6.68. The van der Waals surface area contributed by atoms with Gasteiger partial charge in [0.1, 0.15) is 0 Å². The molecule has 1 fully saturated rings. The van der Waals surface area contributed by atoms with Gasteiger partial charge in [0.05, 0.1) is 19.3 Å². The Hall–Kier alpha value is -1.85. The Kier molecular flexibility index (Phi) is 3.99. The number of benzene rings is 1. The van der Waals surface area contributed by atoms with Crippen LogP contribution in [0.5, 0.6) is 0 Å². The van der Waals surface area contributed by atoms with E-state index < -0.39 is 0 Å². The van der Waals surface area contributed by atoms with Crippen molar-refractivity contribution >= 4 is 11.6 Å². The van der Waals surface area contributed by atoms with Gasteiger partial charge in [0.15, 0.2) is 0 Å². The molecule has 5 heteroatoms. The average Bonchev–Trinajstić information content (AvgIpc) is 2.87. The quantitative estimate of drug-likeness (QED) is 0.924. The molecule has 1 unspecified atom stereocenters. The first-order chi connectivity index (χ1) is 9.81. The van der Waals surface area contributed by atoms with Crippen LogP contribution in [0.25, 0.3) is 0 Å². The highest BCUT2D eigenvalue weighted by Crippen LogP contribution is 2.16. The maximum atomic E-state index is 5.81. The van der Waals surface area contributed by atoms with Crippen LogP contribution in [-0.2, 0) is 11.3 Å². The molecule has 20 heavy (non-hydrogen) atoms. The van der Waals surface area contributed by atoms with Gasteiger partial charge in [-0.1, -0.05) is 18.2 Å². The molecule has 5 nitrogen and oxygen atoms in total. The molecule has 0 aliphatic carbocycles. The van der Waals surface area contributed by atoms with Gasteiger partial charge in [-0.15, -0.1) is 0 Å². The minimum atomic E-state index is 0.222. The summed E-state index contributed by atoms with van der Waals surface area (Å²) < 4.78 is 7.92. The van der Waals surface area contributed by atoms with Crippen molar-refractivity contribution in [2.45, 2.75) is 12.6 Å². The number of hydrogen-bond acceptors (Lipinski definition) is 4. The second-order valence-corrected chi connectivity index (χ2v) is 5.15. The Labute approximate surface area is 119 Å². The largest absolute Gasteiger partial charge is 0.374 e. The fourth-order valence-electron chi connectivity index (χ4n) is 2.43. The van der Waals surface area contributed by atoms with E-state index in [0.29, 0.717) is 0 Å². The summed E-state index contributed by atoms with van der Waals surface area (Å²) in [6.45, 7) is 3.59. The zero-order valence-corrected chi connectivity index (χ0v) is 11.7. The van der Waals surface area contributed by atoms with Crippen molar-refractivity contribution in [2.75, 3.05) is 32.1 Å². The van der Waals surface area contributed by atoms with Crippen molar-refractivity contribution in [1.29, 1.82) is 0 Å². The van der Waals surface area contributed by atoms with Crippen molar-refractivity contribution in [3.05, 3.63) is 42.7 Å². The molecule has 1 aliphatic rings. The third-order valence-corrected chi connectivity index (χ3v) is 3.49. The topological polar surface area (TPSA) is 42.3 Å². The van der Waals surface area contributed by atoms with Gasteiger partial charge in [-0.05, 0) is 19.2 Å². The number of hydrogen-bond donors (Lipinski definition) is 1. The second-order valence-electron chi connectivity index (χ2n) is 5.15. The standard InChI is InChI=1S/C15H20N4O/c1-18-9-10-20-14(11-18)12-19-8-7-16-15(19)17-13-5-3-2-4-6-13/h2-8,14H,9-12H2,1H3,(H,16,17). The minimum absolute atomic E-state index is 0.222. The Bertz CT molecular complexity index is 540. The summed E-state index contributed by atoms with van der Waals surface area (Å²) in [5, 5.41) is 3.34. The molecule has 1 aliphatic heterocycles. The molecule has 106 valence electrons. The first-order valence-electron chi connectivity index (χ1n) is 6.94. The number of ether oxygens (including phenoxy) is 1. The summed E-state index contributed by atoms with van der Waals surface area (Å²) in [5.74, 6) is 0.855. The Balaban J connectivity index is 1.67. The van der Waals surface area contributed by atoms with Crippen LogP contribution in [0, 0.1) is 0 Å². The molecule has 0 amide bonds. The highest BCUT2D eigenvalue weighted by atomic mass is 16.5. The summed E-state index contributed by atoms with van der Waals surface area (Å²) in [6, 6.07) is 10.1. The van der Waals surface area contributed by atoms with E-state index in [1.54, 1.807) is 0 Å². The van der Waals surface area contributed by atoms with Gasteiger partial charge >= 0.3 is 0 Å². The van der Waals surface area contributed by atoms with Crippen LogP contribution in [0.2, 0.25) is 0 Å². The predicted molar refractivity (Wildman–Crippen MR) is 79.2 cm³/mol. The van der Waals surface area contributed by atoms with Crippen LogP contribution < -0.4 is 5.32 Å². The van der Waals surface area contributed by atoms with Gasteiger partial charge < -0.3 is 19.5 Å². The van der Waals surface area contributed by atoms with Crippen LogP contribution in [0.15, 0.2) is 42.7 Å². The van der Waals surface area contributed by atoms with Gasteiger partial charge in [0.2, 0.25) is 5.95 Å². The lowest BCUT2D eigenvalue weighted by atomic mass is 10.3. The van der Waals surface area contributed by atoms with E-state index in [-0.39, 0.29) is 6.10 Å². The maximum Gasteiger partial charge on any atom is 0.207 e. The number of likely N-dealkylation sites (N-methyl/N-ethyl adjacent to an activating group) is 1. The van der Waals surface area contributed by atoms with Gasteiger partial charge in [-0.25, -0.2) is 4.98 Å². The number of nitrogens with zero attached hydrogens (tertiary/aromatic N) is 3. The molecule has 1 aromatic heterocycles. The van der Waals surface area contributed by atoms with Gasteiger partial charge in [0, 0.05) is 31.2 Å². The van der Waals surface area contributed by atoms with Crippen molar-refractivity contribution in [2.24, 2.45) is 0 Å². The third kappa shape index (κ3) is 3.18. The Morgan fingerprint density at radius 3 is 3.00 bits per heavy atom. The summed E-state index contributed by atoms with van der Waals surface area (Å²) in [5.41, 5.74) is 1.04. The predicted octanol–water partition coefficient (Wildman–Crippen LogP) is 1.96. The molecule has 1 N–H and O–H groups in total. The summed E-state index contributed by atoms with van der Waals surface area (Å²) in [7, 11) is 2.13. The third-order valence-electron chi connectivity index (χ3n) is 3.49. The monoisotopic (exact) mass is 272 g/mol. The molecule has 0 radical (unpaired) electrons. The maximum absolute atomic E-state index is 5.81. The number of rotatable bonds is 4. The van der Waals surface area contributed by atoms with E-state index in [1.165, 1.54) is 0 Å². The first kappa shape index (κ1) is 13.1. The molecule has 0 bridgehead atoms. The van der Waals surface area contributed by atoms with Crippen LogP contribution in [0.1, 0.15) is 0 Å². The van der Waals surface area contributed by atoms with Crippen molar-refractivity contribution in [3.63, 3.8) is 0 Å². The molecule has 1 atom stereocenters. The fraction of sp³-hybridized carbons (Fsp3) is 0.400. The van der Waals surface area contributed by atoms with E-state index in [1.807, 2.05) is 42.7 Å². The second kappa shape index (κ2) is 6.07. The molecule has 1 aromatic carbocycles. The molecular weight excluding hydrogens is 252 g/mol. The number of imidazole rings is 1. The van der Waals surface area contributed by atoms with E-state index in [4.69, 9.17) is 4.74 Å². The summed E-state index contributed by atoms with van der Waals surface area (Å²) >= 11 is 0. The first-order valence-corrected chi connectivity index (χ1v) is 6.94. The van der Waals surface area contributed by atoms with E-state index in [9.17, 15) is 0 Å². The highest BCUT2D eigenvalue weighted by Gasteiger charge is 2.19. The van der Waals surface area contributed by atoms with Crippen LogP contribution in [0.4, 0.5) is 11.6 Å². The molecule has 3 rings (SSSR count). The number of para-hydroxylation sites is 1. The zero-order valence-electron chi connectivity index (χ0n) is 11.7.